The van der Waals surface area contributed by atoms with Crippen molar-refractivity contribution in [1.82, 2.24) is 4.90 Å². The maximum atomic E-state index is 12.6. The van der Waals surface area contributed by atoms with Crippen LogP contribution in [0.1, 0.15) is 13.3 Å². The lowest BCUT2D eigenvalue weighted by molar-refractivity contribution is -0.129. The summed E-state index contributed by atoms with van der Waals surface area (Å²) >= 11 is 10.6. The zero-order valence-corrected chi connectivity index (χ0v) is 17.6. The van der Waals surface area contributed by atoms with E-state index >= 15 is 0 Å². The highest BCUT2D eigenvalue weighted by Crippen LogP contribution is 2.30. The van der Waals surface area contributed by atoms with Crippen LogP contribution in [0.5, 0.6) is 0 Å². The van der Waals surface area contributed by atoms with E-state index in [1.165, 1.54) is 11.8 Å². The summed E-state index contributed by atoms with van der Waals surface area (Å²) in [7, 11) is 0. The van der Waals surface area contributed by atoms with E-state index in [0.717, 1.165) is 4.47 Å². The highest BCUT2D eigenvalue weighted by Gasteiger charge is 2.35. The Morgan fingerprint density at radius 2 is 1.93 bits per heavy atom. The number of thioether (sulfide) groups is 1. The van der Waals surface area contributed by atoms with Crippen molar-refractivity contribution in [2.45, 2.75) is 18.6 Å². The Balaban J connectivity index is 1.79. The molecule has 0 saturated carbocycles. The van der Waals surface area contributed by atoms with Crippen LogP contribution in [0.25, 0.3) is 0 Å². The molecule has 140 valence electrons. The second kappa shape index (κ2) is 8.91. The standard InChI is InChI=1S/C19H17BrClN3O2S/c1-2-24-17(25)11-16(18(26)22-14-7-3-12(20)4-8-14)27-19(24)23-15-9-5-13(21)6-10-15/h3-10,16H,2,11H2,1H3,(H,22,26). The number of hydrogen-bond donors (Lipinski definition) is 1. The maximum Gasteiger partial charge on any atom is 0.238 e. The molecule has 1 heterocycles. The number of amidine groups is 1. The molecule has 1 saturated heterocycles. The first-order valence-corrected chi connectivity index (χ1v) is 10.4. The third-order valence-electron chi connectivity index (χ3n) is 3.91. The molecule has 1 N–H and O–H groups in total. The summed E-state index contributed by atoms with van der Waals surface area (Å²) in [6, 6.07) is 14.3. The van der Waals surface area contributed by atoms with E-state index < -0.39 is 5.25 Å². The molecule has 0 spiro atoms. The van der Waals surface area contributed by atoms with Crippen molar-refractivity contribution >= 4 is 67.6 Å². The van der Waals surface area contributed by atoms with Gasteiger partial charge in [0.2, 0.25) is 11.8 Å². The summed E-state index contributed by atoms with van der Waals surface area (Å²) in [4.78, 5) is 31.3. The van der Waals surface area contributed by atoms with Crippen molar-refractivity contribution in [2.75, 3.05) is 11.9 Å². The first-order valence-electron chi connectivity index (χ1n) is 8.34. The molecular weight excluding hydrogens is 450 g/mol. The SMILES string of the molecule is CCN1C(=O)CC(C(=O)Nc2ccc(Br)cc2)SC1=Nc1ccc(Cl)cc1. The van der Waals surface area contributed by atoms with Gasteiger partial charge in [-0.3, -0.25) is 14.5 Å². The van der Waals surface area contributed by atoms with E-state index in [2.05, 4.69) is 26.2 Å². The Hall–Kier alpha value is -1.83. The van der Waals surface area contributed by atoms with Gasteiger partial charge in [-0.1, -0.05) is 39.3 Å². The molecule has 2 aromatic rings. The normalized spacial score (nSPS) is 18.6. The third kappa shape index (κ3) is 5.12. The number of benzene rings is 2. The minimum Gasteiger partial charge on any atom is -0.325 e. The molecule has 27 heavy (non-hydrogen) atoms. The number of rotatable bonds is 4. The third-order valence-corrected chi connectivity index (χ3v) is 5.88. The van der Waals surface area contributed by atoms with Gasteiger partial charge in [0.15, 0.2) is 5.17 Å². The highest BCUT2D eigenvalue weighted by atomic mass is 79.9. The summed E-state index contributed by atoms with van der Waals surface area (Å²) in [5, 5.41) is 3.46. The maximum absolute atomic E-state index is 12.6. The highest BCUT2D eigenvalue weighted by molar-refractivity contribution is 9.10. The monoisotopic (exact) mass is 465 g/mol. The van der Waals surface area contributed by atoms with Crippen molar-refractivity contribution < 1.29 is 9.59 Å². The molecule has 1 unspecified atom stereocenters. The molecule has 1 fully saturated rings. The number of hydrogen-bond acceptors (Lipinski definition) is 4. The average molecular weight is 467 g/mol. The number of carbonyl (C=O) groups excluding carboxylic acids is 2. The lowest BCUT2D eigenvalue weighted by Gasteiger charge is -2.30. The van der Waals surface area contributed by atoms with E-state index in [4.69, 9.17) is 11.6 Å². The Kier molecular flexibility index (Phi) is 6.57. The van der Waals surface area contributed by atoms with Gasteiger partial charge in [0.1, 0.15) is 5.25 Å². The summed E-state index contributed by atoms with van der Waals surface area (Å²) in [6.07, 6.45) is 0.139. The second-order valence-corrected chi connectivity index (χ2v) is 8.34. The lowest BCUT2D eigenvalue weighted by atomic mass is 10.2. The fourth-order valence-electron chi connectivity index (χ4n) is 2.53. The molecule has 0 radical (unpaired) electrons. The van der Waals surface area contributed by atoms with Crippen molar-refractivity contribution in [2.24, 2.45) is 4.99 Å². The lowest BCUT2D eigenvalue weighted by Crippen LogP contribution is -2.45. The molecule has 2 aromatic carbocycles. The van der Waals surface area contributed by atoms with Gasteiger partial charge in [-0.25, -0.2) is 4.99 Å². The molecule has 0 aromatic heterocycles. The Morgan fingerprint density at radius 1 is 1.26 bits per heavy atom. The zero-order valence-electron chi connectivity index (χ0n) is 14.5. The molecule has 1 aliphatic rings. The van der Waals surface area contributed by atoms with E-state index in [1.54, 1.807) is 41.3 Å². The van der Waals surface area contributed by atoms with Gasteiger partial charge in [-0.15, -0.1) is 0 Å². The molecule has 1 atom stereocenters. The molecule has 8 heteroatoms. The van der Waals surface area contributed by atoms with Crippen LogP contribution in [0.15, 0.2) is 58.0 Å². The summed E-state index contributed by atoms with van der Waals surface area (Å²) < 4.78 is 0.929. The van der Waals surface area contributed by atoms with Crippen LogP contribution in [0, 0.1) is 0 Å². The molecule has 2 amide bonds. The topological polar surface area (TPSA) is 61.8 Å². The predicted octanol–water partition coefficient (Wildman–Crippen LogP) is 5.08. The quantitative estimate of drug-likeness (QED) is 0.683. The molecule has 1 aliphatic heterocycles. The number of anilines is 1. The van der Waals surface area contributed by atoms with E-state index in [9.17, 15) is 9.59 Å². The van der Waals surface area contributed by atoms with Crippen LogP contribution in [0.4, 0.5) is 11.4 Å². The number of amides is 2. The van der Waals surface area contributed by atoms with E-state index in [-0.39, 0.29) is 18.2 Å². The van der Waals surface area contributed by atoms with Crippen LogP contribution >= 0.6 is 39.3 Å². The van der Waals surface area contributed by atoms with Gasteiger partial charge < -0.3 is 5.32 Å². The van der Waals surface area contributed by atoms with Crippen LogP contribution in [-0.4, -0.2) is 33.7 Å². The first kappa shape index (κ1) is 19.9. The molecule has 0 bridgehead atoms. The minimum atomic E-state index is -0.532. The van der Waals surface area contributed by atoms with Gasteiger partial charge in [0.05, 0.1) is 5.69 Å². The number of nitrogens with zero attached hydrogens (tertiary/aromatic N) is 2. The molecule has 0 aliphatic carbocycles. The van der Waals surface area contributed by atoms with E-state index in [1.807, 2.05) is 19.1 Å². The summed E-state index contributed by atoms with van der Waals surface area (Å²) in [6.45, 7) is 2.39. The van der Waals surface area contributed by atoms with Gasteiger partial charge in [-0.2, -0.15) is 0 Å². The summed E-state index contributed by atoms with van der Waals surface area (Å²) in [5.41, 5.74) is 1.37. The molecular formula is C19H17BrClN3O2S. The van der Waals surface area contributed by atoms with Gasteiger partial charge in [-0.05, 0) is 55.5 Å². The molecule has 5 nitrogen and oxygen atoms in total. The van der Waals surface area contributed by atoms with Gasteiger partial charge in [0, 0.05) is 28.1 Å². The minimum absolute atomic E-state index is 0.111. The zero-order chi connectivity index (χ0) is 19.4. The Labute approximate surface area is 175 Å². The average Bonchev–Trinajstić information content (AvgIpc) is 2.65. The summed E-state index contributed by atoms with van der Waals surface area (Å²) in [5.74, 6) is -0.324. The fourth-order valence-corrected chi connectivity index (χ4v) is 4.09. The van der Waals surface area contributed by atoms with Gasteiger partial charge >= 0.3 is 0 Å². The number of aliphatic imine (C=N–C) groups is 1. The molecule has 3 rings (SSSR count). The van der Waals surface area contributed by atoms with Crippen LogP contribution in [0.2, 0.25) is 5.02 Å². The van der Waals surface area contributed by atoms with Crippen molar-refractivity contribution in [1.29, 1.82) is 0 Å². The fraction of sp³-hybridized carbons (Fsp3) is 0.211. The van der Waals surface area contributed by atoms with Crippen molar-refractivity contribution in [3.8, 4) is 0 Å². The first-order chi connectivity index (χ1) is 13.0. The number of carbonyl (C=O) groups is 2. The number of nitrogens with one attached hydrogen (secondary N) is 1. The van der Waals surface area contributed by atoms with Crippen LogP contribution in [0.3, 0.4) is 0 Å². The predicted molar refractivity (Wildman–Crippen MR) is 115 cm³/mol. The largest absolute Gasteiger partial charge is 0.325 e. The van der Waals surface area contributed by atoms with Gasteiger partial charge in [0.25, 0.3) is 0 Å². The van der Waals surface area contributed by atoms with Crippen molar-refractivity contribution in [3.63, 3.8) is 0 Å². The van der Waals surface area contributed by atoms with Crippen LogP contribution < -0.4 is 5.32 Å². The van der Waals surface area contributed by atoms with E-state index in [0.29, 0.717) is 28.1 Å². The Morgan fingerprint density at radius 3 is 2.56 bits per heavy atom. The Bertz CT molecular complexity index is 872. The number of halogens is 2. The second-order valence-electron chi connectivity index (χ2n) is 5.82. The van der Waals surface area contributed by atoms with Crippen LogP contribution in [-0.2, 0) is 9.59 Å². The smallest absolute Gasteiger partial charge is 0.238 e. The van der Waals surface area contributed by atoms with Crippen molar-refractivity contribution in [3.05, 3.63) is 58.0 Å².